The average molecular weight is 350 g/mol. The van der Waals surface area contributed by atoms with Crippen molar-refractivity contribution in [3.05, 3.63) is 60.7 Å². The van der Waals surface area contributed by atoms with Gasteiger partial charge in [0, 0.05) is 44.0 Å². The number of benzene rings is 1. The Balaban J connectivity index is 1.40. The second kappa shape index (κ2) is 7.22. The third-order valence-corrected chi connectivity index (χ3v) is 4.28. The summed E-state index contributed by atoms with van der Waals surface area (Å²) >= 11 is 0. The van der Waals surface area contributed by atoms with Crippen molar-refractivity contribution in [2.75, 3.05) is 41.3 Å². The average Bonchev–Trinajstić information content (AvgIpc) is 3.24. The number of amides is 1. The predicted octanol–water partition coefficient (Wildman–Crippen LogP) is 2.04. The van der Waals surface area contributed by atoms with Crippen molar-refractivity contribution in [1.82, 2.24) is 15.1 Å². The highest BCUT2D eigenvalue weighted by Crippen LogP contribution is 2.20. The van der Waals surface area contributed by atoms with Gasteiger partial charge >= 0.3 is 0 Å². The Bertz CT molecular complexity index is 860. The lowest BCUT2D eigenvalue weighted by Gasteiger charge is -2.36. The summed E-state index contributed by atoms with van der Waals surface area (Å²) in [5, 5.41) is 6.22. The molecule has 1 N–H and O–H groups in total. The lowest BCUT2D eigenvalue weighted by molar-refractivity contribution is 0.0987. The fraction of sp³-hybridized carbons (Fsp3) is 0.222. The van der Waals surface area contributed by atoms with Gasteiger partial charge in [-0.3, -0.25) is 4.79 Å². The molecule has 1 saturated heterocycles. The molecule has 0 radical (unpaired) electrons. The topological polar surface area (TPSA) is 87.4 Å². The van der Waals surface area contributed by atoms with Crippen LogP contribution in [0.5, 0.6) is 0 Å². The number of aromatic nitrogens is 3. The number of nitrogens with zero attached hydrogens (tertiary/aromatic N) is 5. The standard InChI is InChI=1S/C18H18N6O2/c25-18(15-6-7-21-26-15)22-16-12-17(20-13-19-16)24-10-8-23(9-11-24)14-4-2-1-3-5-14/h1-7,12-13H,8-11H2,(H,19,20,22,25). The summed E-state index contributed by atoms with van der Waals surface area (Å²) in [6.45, 7) is 3.52. The summed E-state index contributed by atoms with van der Waals surface area (Å²) in [7, 11) is 0. The molecule has 8 nitrogen and oxygen atoms in total. The van der Waals surface area contributed by atoms with E-state index in [0.29, 0.717) is 5.82 Å². The second-order valence-electron chi connectivity index (χ2n) is 5.90. The molecular weight excluding hydrogens is 332 g/mol. The summed E-state index contributed by atoms with van der Waals surface area (Å²) < 4.78 is 4.85. The fourth-order valence-electron chi connectivity index (χ4n) is 2.93. The van der Waals surface area contributed by atoms with Crippen LogP contribution in [0.3, 0.4) is 0 Å². The van der Waals surface area contributed by atoms with E-state index in [1.54, 1.807) is 6.07 Å². The molecule has 8 heteroatoms. The van der Waals surface area contributed by atoms with Crippen LogP contribution in [-0.2, 0) is 0 Å². The molecule has 3 heterocycles. The Morgan fingerprint density at radius 2 is 1.77 bits per heavy atom. The molecule has 0 atom stereocenters. The maximum absolute atomic E-state index is 12.0. The van der Waals surface area contributed by atoms with E-state index in [4.69, 9.17) is 4.52 Å². The minimum Gasteiger partial charge on any atom is -0.368 e. The van der Waals surface area contributed by atoms with E-state index in [-0.39, 0.29) is 11.7 Å². The van der Waals surface area contributed by atoms with Crippen LogP contribution in [0.2, 0.25) is 0 Å². The number of rotatable bonds is 4. The Morgan fingerprint density at radius 1 is 1.00 bits per heavy atom. The van der Waals surface area contributed by atoms with Gasteiger partial charge in [0.15, 0.2) is 0 Å². The number of para-hydroxylation sites is 1. The van der Waals surface area contributed by atoms with E-state index < -0.39 is 0 Å². The van der Waals surface area contributed by atoms with Crippen LogP contribution in [0.15, 0.2) is 59.5 Å². The molecule has 1 aliphatic heterocycles. The Morgan fingerprint density at radius 3 is 2.50 bits per heavy atom. The molecule has 0 saturated carbocycles. The second-order valence-corrected chi connectivity index (χ2v) is 5.90. The zero-order valence-electron chi connectivity index (χ0n) is 14.1. The van der Waals surface area contributed by atoms with Crippen LogP contribution in [0.1, 0.15) is 10.6 Å². The van der Waals surface area contributed by atoms with Crippen LogP contribution in [0, 0.1) is 0 Å². The smallest absolute Gasteiger partial charge is 0.295 e. The number of carbonyl (C=O) groups excluding carboxylic acids is 1. The molecule has 1 amide bonds. The van der Waals surface area contributed by atoms with Crippen LogP contribution in [0.25, 0.3) is 0 Å². The molecule has 0 bridgehead atoms. The third-order valence-electron chi connectivity index (χ3n) is 4.28. The van der Waals surface area contributed by atoms with Crippen LogP contribution < -0.4 is 15.1 Å². The molecule has 132 valence electrons. The van der Waals surface area contributed by atoms with Gasteiger partial charge in [-0.15, -0.1) is 0 Å². The van der Waals surface area contributed by atoms with Gasteiger partial charge in [0.1, 0.15) is 18.0 Å². The molecule has 4 rings (SSSR count). The lowest BCUT2D eigenvalue weighted by atomic mass is 10.2. The van der Waals surface area contributed by atoms with Crippen molar-refractivity contribution in [2.24, 2.45) is 0 Å². The summed E-state index contributed by atoms with van der Waals surface area (Å²) in [5.41, 5.74) is 1.23. The number of piperazine rings is 1. The van der Waals surface area contributed by atoms with Crippen molar-refractivity contribution < 1.29 is 9.32 Å². The van der Waals surface area contributed by atoms with Gasteiger partial charge in [-0.1, -0.05) is 23.4 Å². The van der Waals surface area contributed by atoms with Crippen LogP contribution >= 0.6 is 0 Å². The SMILES string of the molecule is O=C(Nc1cc(N2CCN(c3ccccc3)CC2)ncn1)c1ccno1. The molecule has 0 unspecified atom stereocenters. The fourth-order valence-corrected chi connectivity index (χ4v) is 2.93. The number of anilines is 3. The number of nitrogens with one attached hydrogen (secondary N) is 1. The summed E-state index contributed by atoms with van der Waals surface area (Å²) in [5.74, 6) is 0.977. The molecule has 26 heavy (non-hydrogen) atoms. The van der Waals surface area contributed by atoms with E-state index in [9.17, 15) is 4.79 Å². The van der Waals surface area contributed by atoms with Crippen molar-refractivity contribution in [3.63, 3.8) is 0 Å². The maximum atomic E-state index is 12.0. The first-order valence-corrected chi connectivity index (χ1v) is 8.38. The first kappa shape index (κ1) is 16.1. The number of carbonyl (C=O) groups is 1. The van der Waals surface area contributed by atoms with Crippen molar-refractivity contribution in [2.45, 2.75) is 0 Å². The largest absolute Gasteiger partial charge is 0.368 e. The first-order valence-electron chi connectivity index (χ1n) is 8.38. The summed E-state index contributed by atoms with van der Waals surface area (Å²) in [6.07, 6.45) is 2.88. The summed E-state index contributed by atoms with van der Waals surface area (Å²) in [4.78, 5) is 25.0. The molecule has 2 aromatic heterocycles. The molecule has 1 fully saturated rings. The van der Waals surface area contributed by atoms with Crippen LogP contribution in [-0.4, -0.2) is 47.2 Å². The molecule has 1 aliphatic rings. The molecule has 1 aromatic carbocycles. The van der Waals surface area contributed by atoms with E-state index in [1.165, 1.54) is 24.3 Å². The van der Waals surface area contributed by atoms with Crippen molar-refractivity contribution in [3.8, 4) is 0 Å². The molecule has 0 aliphatic carbocycles. The normalized spacial score (nSPS) is 14.3. The molecule has 0 spiro atoms. The Kier molecular flexibility index (Phi) is 4.46. The predicted molar refractivity (Wildman–Crippen MR) is 97.4 cm³/mol. The van der Waals surface area contributed by atoms with E-state index >= 15 is 0 Å². The van der Waals surface area contributed by atoms with Gasteiger partial charge in [-0.25, -0.2) is 9.97 Å². The highest BCUT2D eigenvalue weighted by Gasteiger charge is 2.19. The molecular formula is C18H18N6O2. The zero-order chi connectivity index (χ0) is 17.8. The van der Waals surface area contributed by atoms with E-state index in [1.807, 2.05) is 6.07 Å². The minimum atomic E-state index is -0.388. The molecule has 3 aromatic rings. The number of hydrogen-bond donors (Lipinski definition) is 1. The maximum Gasteiger partial charge on any atom is 0.295 e. The van der Waals surface area contributed by atoms with E-state index in [0.717, 1.165) is 32.0 Å². The highest BCUT2D eigenvalue weighted by atomic mass is 16.5. The van der Waals surface area contributed by atoms with Gasteiger partial charge in [-0.2, -0.15) is 0 Å². The number of hydrogen-bond acceptors (Lipinski definition) is 7. The lowest BCUT2D eigenvalue weighted by Crippen LogP contribution is -2.46. The quantitative estimate of drug-likeness (QED) is 0.770. The van der Waals surface area contributed by atoms with Gasteiger partial charge < -0.3 is 19.6 Å². The zero-order valence-corrected chi connectivity index (χ0v) is 14.1. The Hall–Kier alpha value is -3.42. The van der Waals surface area contributed by atoms with Gasteiger partial charge in [0.05, 0.1) is 6.20 Å². The minimum absolute atomic E-state index is 0.140. The van der Waals surface area contributed by atoms with Crippen molar-refractivity contribution >= 4 is 23.2 Å². The monoisotopic (exact) mass is 350 g/mol. The third kappa shape index (κ3) is 3.49. The van der Waals surface area contributed by atoms with Gasteiger partial charge in [-0.05, 0) is 12.1 Å². The van der Waals surface area contributed by atoms with Crippen molar-refractivity contribution in [1.29, 1.82) is 0 Å². The summed E-state index contributed by atoms with van der Waals surface area (Å²) in [6, 6.07) is 13.6. The Labute approximate surface area is 150 Å². The highest BCUT2D eigenvalue weighted by molar-refractivity contribution is 6.01. The van der Waals surface area contributed by atoms with Gasteiger partial charge in [0.2, 0.25) is 5.76 Å². The van der Waals surface area contributed by atoms with E-state index in [2.05, 4.69) is 54.5 Å². The van der Waals surface area contributed by atoms with Gasteiger partial charge in [0.25, 0.3) is 5.91 Å². The van der Waals surface area contributed by atoms with Crippen LogP contribution in [0.4, 0.5) is 17.3 Å². The first-order chi connectivity index (χ1) is 12.8.